The average molecular weight is 275 g/mol. The van der Waals surface area contributed by atoms with Gasteiger partial charge in [0.25, 0.3) is 0 Å². The topological polar surface area (TPSA) is 23.8 Å². The summed E-state index contributed by atoms with van der Waals surface area (Å²) in [5, 5.41) is 9.50. The number of nitrogens with zero attached hydrogens (tertiary/aromatic N) is 1. The van der Waals surface area contributed by atoms with Crippen molar-refractivity contribution in [3.63, 3.8) is 0 Å². The Hall–Kier alpha value is -0.510. The van der Waals surface area contributed by atoms with Gasteiger partial charge in [-0.15, -0.1) is 0 Å². The van der Waals surface area contributed by atoms with Gasteiger partial charge >= 0.3 is 0 Å². The van der Waals surface area contributed by atoms with Crippen molar-refractivity contribution < 1.29 is 0 Å². The largest absolute Gasteiger partial charge is 0.198 e. The number of hydrogen-bond acceptors (Lipinski definition) is 1. The molecule has 2 aliphatic carbocycles. The van der Waals surface area contributed by atoms with Crippen LogP contribution in [0.1, 0.15) is 90.9 Å². The van der Waals surface area contributed by atoms with E-state index in [9.17, 15) is 5.26 Å². The van der Waals surface area contributed by atoms with E-state index in [4.69, 9.17) is 0 Å². The lowest BCUT2D eigenvalue weighted by atomic mass is 9.59. The Bertz CT molecular complexity index is 329. The SMILES string of the molecule is CCCCCCC1CCC2CC(C#N)(CC)CCC2C1. The van der Waals surface area contributed by atoms with E-state index >= 15 is 0 Å². The highest BCUT2D eigenvalue weighted by Gasteiger charge is 2.42. The molecule has 0 amide bonds. The molecular weight excluding hydrogens is 242 g/mol. The molecule has 0 bridgehead atoms. The van der Waals surface area contributed by atoms with Crippen molar-refractivity contribution in [1.29, 1.82) is 5.26 Å². The quantitative estimate of drug-likeness (QED) is 0.538. The summed E-state index contributed by atoms with van der Waals surface area (Å²) in [6.07, 6.45) is 16.2. The Morgan fingerprint density at radius 1 is 1.05 bits per heavy atom. The molecule has 0 saturated heterocycles. The molecule has 20 heavy (non-hydrogen) atoms. The van der Waals surface area contributed by atoms with Gasteiger partial charge in [0, 0.05) is 0 Å². The molecule has 4 unspecified atom stereocenters. The van der Waals surface area contributed by atoms with Crippen molar-refractivity contribution in [2.45, 2.75) is 90.9 Å². The Labute approximate surface area is 126 Å². The fourth-order valence-electron chi connectivity index (χ4n) is 4.74. The second kappa shape index (κ2) is 7.48. The van der Waals surface area contributed by atoms with Gasteiger partial charge in [0.05, 0.1) is 11.5 Å². The van der Waals surface area contributed by atoms with Crippen LogP contribution in [0.2, 0.25) is 0 Å². The first-order valence-corrected chi connectivity index (χ1v) is 9.14. The molecule has 0 aromatic carbocycles. The zero-order chi connectivity index (χ0) is 14.4. The summed E-state index contributed by atoms with van der Waals surface area (Å²) >= 11 is 0. The summed E-state index contributed by atoms with van der Waals surface area (Å²) in [7, 11) is 0. The van der Waals surface area contributed by atoms with Gasteiger partial charge in [0.1, 0.15) is 0 Å². The highest BCUT2D eigenvalue weighted by atomic mass is 14.5. The van der Waals surface area contributed by atoms with E-state index in [0.717, 1.165) is 24.2 Å². The normalized spacial score (nSPS) is 37.1. The van der Waals surface area contributed by atoms with E-state index in [1.54, 1.807) is 0 Å². The smallest absolute Gasteiger partial charge is 0.0689 e. The maximum absolute atomic E-state index is 9.50. The first-order chi connectivity index (χ1) is 9.73. The van der Waals surface area contributed by atoms with Crippen molar-refractivity contribution >= 4 is 0 Å². The third-order valence-corrected chi connectivity index (χ3v) is 6.27. The lowest BCUT2D eigenvalue weighted by molar-refractivity contribution is 0.0651. The van der Waals surface area contributed by atoms with Crippen molar-refractivity contribution in [2.24, 2.45) is 23.2 Å². The molecule has 2 fully saturated rings. The van der Waals surface area contributed by atoms with E-state index in [-0.39, 0.29) is 5.41 Å². The van der Waals surface area contributed by atoms with Gasteiger partial charge in [-0.25, -0.2) is 0 Å². The molecule has 0 heterocycles. The molecule has 2 saturated carbocycles. The molecule has 0 aromatic heterocycles. The molecule has 0 spiro atoms. The van der Waals surface area contributed by atoms with Crippen molar-refractivity contribution in [3.8, 4) is 6.07 Å². The van der Waals surface area contributed by atoms with Crippen LogP contribution >= 0.6 is 0 Å². The van der Waals surface area contributed by atoms with Gasteiger partial charge in [-0.1, -0.05) is 52.4 Å². The van der Waals surface area contributed by atoms with Gasteiger partial charge in [-0.05, 0) is 56.3 Å². The number of nitriles is 1. The second-order valence-electron chi connectivity index (χ2n) is 7.54. The van der Waals surface area contributed by atoms with E-state index in [1.165, 1.54) is 70.6 Å². The van der Waals surface area contributed by atoms with Gasteiger partial charge in [0.2, 0.25) is 0 Å². The van der Waals surface area contributed by atoms with Gasteiger partial charge in [0.15, 0.2) is 0 Å². The predicted octanol–water partition coefficient (Wildman–Crippen LogP) is 6.09. The fourth-order valence-corrected chi connectivity index (χ4v) is 4.74. The molecule has 1 nitrogen and oxygen atoms in total. The average Bonchev–Trinajstić information content (AvgIpc) is 2.51. The highest BCUT2D eigenvalue weighted by molar-refractivity contribution is 5.03. The molecule has 4 atom stereocenters. The highest BCUT2D eigenvalue weighted by Crippen LogP contribution is 2.51. The molecule has 0 aliphatic heterocycles. The van der Waals surface area contributed by atoms with Gasteiger partial charge in [-0.2, -0.15) is 5.26 Å². The van der Waals surface area contributed by atoms with E-state index < -0.39 is 0 Å². The molecular formula is C19H33N. The van der Waals surface area contributed by atoms with Crippen molar-refractivity contribution in [1.82, 2.24) is 0 Å². The third-order valence-electron chi connectivity index (χ3n) is 6.27. The van der Waals surface area contributed by atoms with Crippen LogP contribution in [-0.4, -0.2) is 0 Å². The molecule has 2 aliphatic rings. The van der Waals surface area contributed by atoms with Crippen LogP contribution in [0, 0.1) is 34.5 Å². The molecule has 0 N–H and O–H groups in total. The molecule has 0 aromatic rings. The second-order valence-corrected chi connectivity index (χ2v) is 7.54. The van der Waals surface area contributed by atoms with Crippen LogP contribution in [0.4, 0.5) is 0 Å². The lowest BCUT2D eigenvalue weighted by Gasteiger charge is -2.45. The number of hydrogen-bond donors (Lipinski definition) is 0. The van der Waals surface area contributed by atoms with Crippen LogP contribution in [0.15, 0.2) is 0 Å². The summed E-state index contributed by atoms with van der Waals surface area (Å²) in [5.74, 6) is 2.83. The zero-order valence-corrected chi connectivity index (χ0v) is 13.7. The van der Waals surface area contributed by atoms with E-state index in [2.05, 4.69) is 19.9 Å². The minimum absolute atomic E-state index is 0.0368. The summed E-state index contributed by atoms with van der Waals surface area (Å²) in [6.45, 7) is 4.51. The maximum Gasteiger partial charge on any atom is 0.0689 e. The summed E-state index contributed by atoms with van der Waals surface area (Å²) in [6, 6.07) is 2.66. The summed E-state index contributed by atoms with van der Waals surface area (Å²) in [5.41, 5.74) is 0.0368. The summed E-state index contributed by atoms with van der Waals surface area (Å²) in [4.78, 5) is 0. The Kier molecular flexibility index (Phi) is 5.94. The van der Waals surface area contributed by atoms with Crippen molar-refractivity contribution in [2.75, 3.05) is 0 Å². The van der Waals surface area contributed by atoms with Gasteiger partial charge in [-0.3, -0.25) is 0 Å². The monoisotopic (exact) mass is 275 g/mol. The van der Waals surface area contributed by atoms with Gasteiger partial charge < -0.3 is 0 Å². The molecule has 2 rings (SSSR count). The predicted molar refractivity (Wildman–Crippen MR) is 85.3 cm³/mol. The van der Waals surface area contributed by atoms with Crippen LogP contribution in [0.3, 0.4) is 0 Å². The first kappa shape index (κ1) is 15.9. The first-order valence-electron chi connectivity index (χ1n) is 9.14. The van der Waals surface area contributed by atoms with Crippen LogP contribution < -0.4 is 0 Å². The Morgan fingerprint density at radius 2 is 1.90 bits per heavy atom. The van der Waals surface area contributed by atoms with E-state index in [0.29, 0.717) is 0 Å². The van der Waals surface area contributed by atoms with Crippen LogP contribution in [0.5, 0.6) is 0 Å². The van der Waals surface area contributed by atoms with Crippen LogP contribution in [-0.2, 0) is 0 Å². The fraction of sp³-hybridized carbons (Fsp3) is 0.947. The molecule has 0 radical (unpaired) electrons. The standard InChI is InChI=1S/C19H33N/c1-3-5-6-7-8-16-9-10-18-14-19(4-2,15-20)12-11-17(18)13-16/h16-18H,3-14H2,1-2H3. The third kappa shape index (κ3) is 3.78. The maximum atomic E-state index is 9.50. The minimum Gasteiger partial charge on any atom is -0.198 e. The zero-order valence-electron chi connectivity index (χ0n) is 13.7. The lowest BCUT2D eigenvalue weighted by Crippen LogP contribution is -2.36. The Morgan fingerprint density at radius 3 is 2.60 bits per heavy atom. The molecule has 1 heteroatoms. The van der Waals surface area contributed by atoms with E-state index in [1.807, 2.05) is 0 Å². The molecule has 114 valence electrons. The van der Waals surface area contributed by atoms with Crippen LogP contribution in [0.25, 0.3) is 0 Å². The number of fused-ring (bicyclic) bond motifs is 1. The number of unbranched alkanes of at least 4 members (excludes halogenated alkanes) is 3. The summed E-state index contributed by atoms with van der Waals surface area (Å²) < 4.78 is 0. The number of rotatable bonds is 6. The minimum atomic E-state index is 0.0368. The Balaban J connectivity index is 1.78. The van der Waals surface area contributed by atoms with Crippen molar-refractivity contribution in [3.05, 3.63) is 0 Å².